The molecule has 1 aliphatic rings. The van der Waals surface area contributed by atoms with Crippen molar-refractivity contribution in [2.24, 2.45) is 7.05 Å². The number of ether oxygens (including phenoxy) is 1. The molecule has 0 spiro atoms. The predicted octanol–water partition coefficient (Wildman–Crippen LogP) is -0.361. The number of aromatic nitrogens is 2. The molecule has 0 radical (unpaired) electrons. The topological polar surface area (TPSA) is 67.3 Å². The zero-order valence-electron chi connectivity index (χ0n) is 10.4. The molecule has 2 rings (SSSR count). The SMILES string of the molecule is C=CCc1c(N2CCOCC2)[nH]c(=O)n(C)c1=O. The van der Waals surface area contributed by atoms with E-state index >= 15 is 0 Å². The van der Waals surface area contributed by atoms with Gasteiger partial charge >= 0.3 is 5.69 Å². The molecule has 1 fully saturated rings. The Morgan fingerprint density at radius 3 is 2.67 bits per heavy atom. The maximum absolute atomic E-state index is 12.1. The highest BCUT2D eigenvalue weighted by molar-refractivity contribution is 5.46. The average molecular weight is 251 g/mol. The molecule has 18 heavy (non-hydrogen) atoms. The second-order valence-corrected chi connectivity index (χ2v) is 4.21. The third-order valence-electron chi connectivity index (χ3n) is 3.05. The van der Waals surface area contributed by atoms with Gasteiger partial charge in [-0.25, -0.2) is 4.79 Å². The number of allylic oxidation sites excluding steroid dienone is 1. The average Bonchev–Trinajstić information content (AvgIpc) is 2.40. The van der Waals surface area contributed by atoms with Crippen LogP contribution in [0.2, 0.25) is 0 Å². The fourth-order valence-corrected chi connectivity index (χ4v) is 2.04. The monoisotopic (exact) mass is 251 g/mol. The zero-order chi connectivity index (χ0) is 13.1. The van der Waals surface area contributed by atoms with E-state index in [9.17, 15) is 9.59 Å². The first-order chi connectivity index (χ1) is 8.65. The molecule has 1 saturated heterocycles. The highest BCUT2D eigenvalue weighted by Gasteiger charge is 2.18. The Balaban J connectivity index is 2.53. The molecule has 0 atom stereocenters. The van der Waals surface area contributed by atoms with Crippen LogP contribution in [-0.2, 0) is 18.2 Å². The van der Waals surface area contributed by atoms with Crippen LogP contribution in [0.5, 0.6) is 0 Å². The number of hydrogen-bond acceptors (Lipinski definition) is 4. The van der Waals surface area contributed by atoms with E-state index < -0.39 is 5.69 Å². The van der Waals surface area contributed by atoms with Crippen LogP contribution < -0.4 is 16.1 Å². The zero-order valence-corrected chi connectivity index (χ0v) is 10.4. The first-order valence-corrected chi connectivity index (χ1v) is 5.91. The molecule has 0 unspecified atom stereocenters. The van der Waals surface area contributed by atoms with Gasteiger partial charge in [0, 0.05) is 20.1 Å². The summed E-state index contributed by atoms with van der Waals surface area (Å²) in [5.74, 6) is 0.603. The van der Waals surface area contributed by atoms with Gasteiger partial charge in [-0.3, -0.25) is 14.3 Å². The predicted molar refractivity (Wildman–Crippen MR) is 69.2 cm³/mol. The van der Waals surface area contributed by atoms with Crippen molar-refractivity contribution < 1.29 is 4.74 Å². The van der Waals surface area contributed by atoms with Gasteiger partial charge in [0.2, 0.25) is 0 Å². The van der Waals surface area contributed by atoms with Crippen LogP contribution in [0.25, 0.3) is 0 Å². The van der Waals surface area contributed by atoms with Gasteiger partial charge < -0.3 is 9.64 Å². The van der Waals surface area contributed by atoms with E-state index in [2.05, 4.69) is 11.6 Å². The van der Waals surface area contributed by atoms with Gasteiger partial charge in [-0.15, -0.1) is 6.58 Å². The highest BCUT2D eigenvalue weighted by Crippen LogP contribution is 2.14. The molecule has 1 aromatic rings. The molecule has 0 aliphatic carbocycles. The summed E-state index contributed by atoms with van der Waals surface area (Å²) in [5.41, 5.74) is -0.0801. The Kier molecular flexibility index (Phi) is 3.66. The van der Waals surface area contributed by atoms with Crippen molar-refractivity contribution in [1.82, 2.24) is 9.55 Å². The van der Waals surface area contributed by atoms with Crippen LogP contribution in [-0.4, -0.2) is 35.9 Å². The number of morpholine rings is 1. The van der Waals surface area contributed by atoms with Crippen molar-refractivity contribution in [3.63, 3.8) is 0 Å². The van der Waals surface area contributed by atoms with E-state index in [-0.39, 0.29) is 5.56 Å². The van der Waals surface area contributed by atoms with Gasteiger partial charge in [-0.05, 0) is 6.42 Å². The number of aromatic amines is 1. The van der Waals surface area contributed by atoms with Crippen molar-refractivity contribution in [2.45, 2.75) is 6.42 Å². The first kappa shape index (κ1) is 12.6. The molecule has 0 aromatic carbocycles. The van der Waals surface area contributed by atoms with Gasteiger partial charge in [-0.2, -0.15) is 0 Å². The van der Waals surface area contributed by atoms with Crippen molar-refractivity contribution in [2.75, 3.05) is 31.2 Å². The van der Waals surface area contributed by atoms with E-state index in [4.69, 9.17) is 4.74 Å². The molecule has 1 aliphatic heterocycles. The molecule has 0 bridgehead atoms. The van der Waals surface area contributed by atoms with Crippen LogP contribution in [0.4, 0.5) is 5.82 Å². The fraction of sp³-hybridized carbons (Fsp3) is 0.500. The number of anilines is 1. The minimum atomic E-state index is -0.394. The van der Waals surface area contributed by atoms with E-state index in [1.807, 2.05) is 4.90 Å². The summed E-state index contributed by atoms with van der Waals surface area (Å²) in [4.78, 5) is 28.5. The second kappa shape index (κ2) is 5.22. The summed E-state index contributed by atoms with van der Waals surface area (Å²) < 4.78 is 6.35. The van der Waals surface area contributed by atoms with E-state index in [0.717, 1.165) is 4.57 Å². The molecule has 6 heteroatoms. The summed E-state index contributed by atoms with van der Waals surface area (Å²) >= 11 is 0. The Bertz CT molecular complexity index is 553. The van der Waals surface area contributed by atoms with E-state index in [0.29, 0.717) is 44.1 Å². The number of H-pyrrole nitrogens is 1. The Morgan fingerprint density at radius 2 is 2.06 bits per heavy atom. The minimum absolute atomic E-state index is 0.264. The Hall–Kier alpha value is -1.82. The van der Waals surface area contributed by atoms with E-state index in [1.54, 1.807) is 6.08 Å². The molecular formula is C12H17N3O3. The molecule has 0 amide bonds. The van der Waals surface area contributed by atoms with Gasteiger partial charge in [-0.1, -0.05) is 6.08 Å². The van der Waals surface area contributed by atoms with Crippen LogP contribution in [0.3, 0.4) is 0 Å². The van der Waals surface area contributed by atoms with Crippen molar-refractivity contribution in [3.8, 4) is 0 Å². The van der Waals surface area contributed by atoms with Gasteiger partial charge in [0.15, 0.2) is 0 Å². The van der Waals surface area contributed by atoms with Crippen LogP contribution in [0.1, 0.15) is 5.56 Å². The van der Waals surface area contributed by atoms with Crippen molar-refractivity contribution in [3.05, 3.63) is 39.1 Å². The van der Waals surface area contributed by atoms with Crippen LogP contribution in [0.15, 0.2) is 22.2 Å². The Morgan fingerprint density at radius 1 is 1.39 bits per heavy atom. The largest absolute Gasteiger partial charge is 0.378 e. The first-order valence-electron chi connectivity index (χ1n) is 5.91. The molecule has 1 aromatic heterocycles. The number of nitrogens with one attached hydrogen (secondary N) is 1. The summed E-state index contributed by atoms with van der Waals surface area (Å²) in [5, 5.41) is 0. The van der Waals surface area contributed by atoms with Crippen LogP contribution in [0, 0.1) is 0 Å². The standard InChI is InChI=1S/C12H17N3O3/c1-3-4-9-10(15-5-7-18-8-6-15)13-12(17)14(2)11(9)16/h3H,1,4-8H2,2H3,(H,13,17). The summed E-state index contributed by atoms with van der Waals surface area (Å²) in [6.45, 7) is 6.20. The van der Waals surface area contributed by atoms with Gasteiger partial charge in [0.25, 0.3) is 5.56 Å². The lowest BCUT2D eigenvalue weighted by atomic mass is 10.2. The number of nitrogens with zero attached hydrogens (tertiary/aromatic N) is 2. The lowest BCUT2D eigenvalue weighted by Crippen LogP contribution is -2.43. The van der Waals surface area contributed by atoms with Gasteiger partial charge in [0.1, 0.15) is 5.82 Å². The lowest BCUT2D eigenvalue weighted by molar-refractivity contribution is 0.122. The number of rotatable bonds is 3. The maximum atomic E-state index is 12.1. The normalized spacial score (nSPS) is 15.7. The maximum Gasteiger partial charge on any atom is 0.329 e. The highest BCUT2D eigenvalue weighted by atomic mass is 16.5. The lowest BCUT2D eigenvalue weighted by Gasteiger charge is -2.29. The van der Waals surface area contributed by atoms with Crippen molar-refractivity contribution >= 4 is 5.82 Å². The molecule has 0 saturated carbocycles. The van der Waals surface area contributed by atoms with Gasteiger partial charge in [0.05, 0.1) is 18.8 Å². The fourth-order valence-electron chi connectivity index (χ4n) is 2.04. The van der Waals surface area contributed by atoms with E-state index in [1.165, 1.54) is 7.05 Å². The van der Waals surface area contributed by atoms with Crippen molar-refractivity contribution in [1.29, 1.82) is 0 Å². The Labute approximate surface area is 105 Å². The summed E-state index contributed by atoms with van der Waals surface area (Å²) in [7, 11) is 1.47. The second-order valence-electron chi connectivity index (χ2n) is 4.21. The van der Waals surface area contributed by atoms with Crippen LogP contribution >= 0.6 is 0 Å². The molecule has 1 N–H and O–H groups in total. The third kappa shape index (κ3) is 2.24. The summed E-state index contributed by atoms with van der Waals surface area (Å²) in [6, 6.07) is 0. The third-order valence-corrected chi connectivity index (χ3v) is 3.05. The number of hydrogen-bond donors (Lipinski definition) is 1. The quantitative estimate of drug-likeness (QED) is 0.745. The molecule has 6 nitrogen and oxygen atoms in total. The minimum Gasteiger partial charge on any atom is -0.378 e. The summed E-state index contributed by atoms with van der Waals surface area (Å²) in [6.07, 6.45) is 2.11. The smallest absolute Gasteiger partial charge is 0.329 e. The molecular weight excluding hydrogens is 234 g/mol. The molecule has 98 valence electrons. The molecule has 2 heterocycles.